The molecule has 130 valence electrons. The van der Waals surface area contributed by atoms with E-state index in [1.807, 2.05) is 0 Å². The molecule has 1 saturated carbocycles. The first-order chi connectivity index (χ1) is 10.2. The topological polar surface area (TPSA) is 50.4 Å². The molecule has 0 aromatic carbocycles. The summed E-state index contributed by atoms with van der Waals surface area (Å²) < 4.78 is 5.24. The van der Waals surface area contributed by atoms with E-state index in [1.54, 1.807) is 7.11 Å². The van der Waals surface area contributed by atoms with Crippen LogP contribution in [0.3, 0.4) is 0 Å². The molecule has 0 spiro atoms. The van der Waals surface area contributed by atoms with Crippen LogP contribution in [0, 0.1) is 11.3 Å². The minimum Gasteiger partial charge on any atom is -0.385 e. The van der Waals surface area contributed by atoms with Crippen molar-refractivity contribution in [3.8, 4) is 0 Å². The van der Waals surface area contributed by atoms with Gasteiger partial charge >= 0.3 is 0 Å². The van der Waals surface area contributed by atoms with E-state index in [1.165, 1.54) is 38.5 Å². The fourth-order valence-corrected chi connectivity index (χ4v) is 3.84. The molecule has 4 nitrogen and oxygen atoms in total. The number of amides is 1. The fraction of sp³-hybridized carbons (Fsp3) is 0.941. The van der Waals surface area contributed by atoms with Gasteiger partial charge in [-0.1, -0.05) is 12.8 Å². The Hall–Kier alpha value is -0.320. The van der Waals surface area contributed by atoms with E-state index in [9.17, 15) is 4.79 Å². The summed E-state index contributed by atoms with van der Waals surface area (Å²) in [7, 11) is 1.76. The summed E-state index contributed by atoms with van der Waals surface area (Å²) in [6, 6.07) is 0. The summed E-state index contributed by atoms with van der Waals surface area (Å²) in [5.41, 5.74) is 0.306. The van der Waals surface area contributed by atoms with Crippen LogP contribution in [0.2, 0.25) is 0 Å². The Bertz CT molecular complexity index is 314. The zero-order valence-electron chi connectivity index (χ0n) is 14.0. The van der Waals surface area contributed by atoms with Gasteiger partial charge in [0.25, 0.3) is 0 Å². The van der Waals surface area contributed by atoms with Crippen molar-refractivity contribution in [1.82, 2.24) is 10.6 Å². The highest BCUT2D eigenvalue weighted by atomic mass is 35.5. The zero-order chi connectivity index (χ0) is 15.0. The minimum atomic E-state index is 0. The Balaban J connectivity index is 0.00000242. The standard InChI is InChI=1S/C17H32N2O2.ClH/c1-21-13-10-17(8-2-3-9-17)14-19-16(20)5-4-15-6-11-18-12-7-15;/h15,18H,2-14H2,1H3,(H,19,20);1H. The van der Waals surface area contributed by atoms with Crippen molar-refractivity contribution in [2.45, 2.75) is 57.8 Å². The van der Waals surface area contributed by atoms with E-state index < -0.39 is 0 Å². The molecule has 22 heavy (non-hydrogen) atoms. The molecule has 2 aliphatic rings. The van der Waals surface area contributed by atoms with Crippen LogP contribution in [0.15, 0.2) is 0 Å². The monoisotopic (exact) mass is 332 g/mol. The predicted octanol–water partition coefficient (Wildman–Crippen LogP) is 2.90. The summed E-state index contributed by atoms with van der Waals surface area (Å²) in [6.07, 6.45) is 10.4. The molecule has 1 heterocycles. The molecule has 1 aliphatic carbocycles. The molecule has 1 saturated heterocycles. The van der Waals surface area contributed by atoms with Gasteiger partial charge < -0.3 is 15.4 Å². The van der Waals surface area contributed by atoms with E-state index in [0.29, 0.717) is 11.8 Å². The van der Waals surface area contributed by atoms with Crippen LogP contribution in [-0.2, 0) is 9.53 Å². The Morgan fingerprint density at radius 3 is 2.59 bits per heavy atom. The Morgan fingerprint density at radius 1 is 1.27 bits per heavy atom. The molecule has 2 fully saturated rings. The maximum absolute atomic E-state index is 12.1. The molecule has 1 amide bonds. The molecule has 0 unspecified atom stereocenters. The number of piperidine rings is 1. The van der Waals surface area contributed by atoms with Crippen molar-refractivity contribution < 1.29 is 9.53 Å². The van der Waals surface area contributed by atoms with Gasteiger partial charge in [-0.25, -0.2) is 0 Å². The summed E-state index contributed by atoms with van der Waals surface area (Å²) >= 11 is 0. The van der Waals surface area contributed by atoms with Gasteiger partial charge in [-0.3, -0.25) is 4.79 Å². The first-order valence-corrected chi connectivity index (χ1v) is 8.70. The van der Waals surface area contributed by atoms with Crippen LogP contribution in [-0.4, -0.2) is 39.3 Å². The molecule has 2 rings (SSSR count). The van der Waals surface area contributed by atoms with Crippen LogP contribution < -0.4 is 10.6 Å². The Labute approximate surface area is 141 Å². The molecule has 0 aromatic rings. The molecular formula is C17H33ClN2O2. The number of methoxy groups -OCH3 is 1. The highest BCUT2D eigenvalue weighted by Crippen LogP contribution is 2.40. The molecule has 0 bridgehead atoms. The van der Waals surface area contributed by atoms with E-state index in [-0.39, 0.29) is 18.3 Å². The first-order valence-electron chi connectivity index (χ1n) is 8.70. The van der Waals surface area contributed by atoms with Gasteiger partial charge in [0.15, 0.2) is 0 Å². The number of halogens is 1. The smallest absolute Gasteiger partial charge is 0.220 e. The molecule has 2 N–H and O–H groups in total. The average molecular weight is 333 g/mol. The summed E-state index contributed by atoms with van der Waals surface area (Å²) in [6.45, 7) is 3.89. The lowest BCUT2D eigenvalue weighted by atomic mass is 9.83. The minimum absolute atomic E-state index is 0. The normalized spacial score (nSPS) is 21.3. The quantitative estimate of drug-likeness (QED) is 0.718. The maximum Gasteiger partial charge on any atom is 0.220 e. The first kappa shape index (κ1) is 19.7. The van der Waals surface area contributed by atoms with Crippen LogP contribution in [0.5, 0.6) is 0 Å². The van der Waals surface area contributed by atoms with Gasteiger partial charge in [0.05, 0.1) is 0 Å². The lowest BCUT2D eigenvalue weighted by molar-refractivity contribution is -0.122. The summed E-state index contributed by atoms with van der Waals surface area (Å²) in [5.74, 6) is 0.989. The Kier molecular flexibility index (Phi) is 9.37. The third kappa shape index (κ3) is 6.43. The summed E-state index contributed by atoms with van der Waals surface area (Å²) in [5, 5.41) is 6.58. The van der Waals surface area contributed by atoms with Gasteiger partial charge in [0, 0.05) is 26.7 Å². The SMILES string of the molecule is COCCC1(CNC(=O)CCC2CCNCC2)CCCC1.Cl. The van der Waals surface area contributed by atoms with Crippen LogP contribution >= 0.6 is 12.4 Å². The van der Waals surface area contributed by atoms with E-state index in [4.69, 9.17) is 4.74 Å². The lowest BCUT2D eigenvalue weighted by Crippen LogP contribution is -2.37. The third-order valence-corrected chi connectivity index (χ3v) is 5.40. The molecule has 5 heteroatoms. The number of carbonyl (C=O) groups is 1. The molecular weight excluding hydrogens is 300 g/mol. The second-order valence-corrected chi connectivity index (χ2v) is 6.96. The largest absolute Gasteiger partial charge is 0.385 e. The molecule has 0 aromatic heterocycles. The van der Waals surface area contributed by atoms with Crippen molar-refractivity contribution in [2.75, 3.05) is 33.4 Å². The predicted molar refractivity (Wildman–Crippen MR) is 92.5 cm³/mol. The Morgan fingerprint density at radius 2 is 1.95 bits per heavy atom. The highest BCUT2D eigenvalue weighted by molar-refractivity contribution is 5.85. The summed E-state index contributed by atoms with van der Waals surface area (Å²) in [4.78, 5) is 12.1. The highest BCUT2D eigenvalue weighted by Gasteiger charge is 2.33. The van der Waals surface area contributed by atoms with Gasteiger partial charge in [0.1, 0.15) is 0 Å². The van der Waals surface area contributed by atoms with Crippen molar-refractivity contribution in [3.63, 3.8) is 0 Å². The second-order valence-electron chi connectivity index (χ2n) is 6.96. The second kappa shape index (κ2) is 10.5. The number of rotatable bonds is 8. The van der Waals surface area contributed by atoms with Crippen molar-refractivity contribution in [1.29, 1.82) is 0 Å². The zero-order valence-corrected chi connectivity index (χ0v) is 14.8. The van der Waals surface area contributed by atoms with Crippen molar-refractivity contribution in [3.05, 3.63) is 0 Å². The maximum atomic E-state index is 12.1. The van der Waals surface area contributed by atoms with Gasteiger partial charge in [-0.2, -0.15) is 0 Å². The average Bonchev–Trinajstić information content (AvgIpc) is 2.99. The number of carbonyl (C=O) groups excluding carboxylic acids is 1. The van der Waals surface area contributed by atoms with E-state index in [2.05, 4.69) is 10.6 Å². The fourth-order valence-electron chi connectivity index (χ4n) is 3.84. The van der Waals surface area contributed by atoms with E-state index in [0.717, 1.165) is 45.0 Å². The van der Waals surface area contributed by atoms with Crippen LogP contribution in [0.1, 0.15) is 57.8 Å². The molecule has 0 atom stereocenters. The van der Waals surface area contributed by atoms with E-state index >= 15 is 0 Å². The third-order valence-electron chi connectivity index (χ3n) is 5.40. The number of nitrogens with one attached hydrogen (secondary N) is 2. The van der Waals surface area contributed by atoms with Crippen LogP contribution in [0.4, 0.5) is 0 Å². The number of hydrogen-bond donors (Lipinski definition) is 2. The molecule has 0 radical (unpaired) electrons. The lowest BCUT2D eigenvalue weighted by Gasteiger charge is -2.29. The van der Waals surface area contributed by atoms with Crippen LogP contribution in [0.25, 0.3) is 0 Å². The van der Waals surface area contributed by atoms with Gasteiger partial charge in [0.2, 0.25) is 5.91 Å². The molecule has 1 aliphatic heterocycles. The van der Waals surface area contributed by atoms with Gasteiger partial charge in [-0.15, -0.1) is 12.4 Å². The van der Waals surface area contributed by atoms with Crippen molar-refractivity contribution >= 4 is 18.3 Å². The van der Waals surface area contributed by atoms with Gasteiger partial charge in [-0.05, 0) is 62.9 Å². The van der Waals surface area contributed by atoms with Crippen molar-refractivity contribution in [2.24, 2.45) is 11.3 Å². The number of hydrogen-bond acceptors (Lipinski definition) is 3. The number of ether oxygens (including phenoxy) is 1.